The van der Waals surface area contributed by atoms with E-state index in [0.29, 0.717) is 60.0 Å². The molecule has 0 atom stereocenters. The maximum absolute atomic E-state index is 14.0. The molecular formula is C41H46N4O8. The van der Waals surface area contributed by atoms with Crippen LogP contribution in [0.5, 0.6) is 11.5 Å². The summed E-state index contributed by atoms with van der Waals surface area (Å²) in [6.45, 7) is 8.40. The van der Waals surface area contributed by atoms with E-state index in [9.17, 15) is 19.2 Å². The van der Waals surface area contributed by atoms with Crippen molar-refractivity contribution in [2.24, 2.45) is 0 Å². The first kappa shape index (κ1) is 34.1. The fourth-order valence-electron chi connectivity index (χ4n) is 9.45. The third kappa shape index (κ3) is 6.09. The lowest BCUT2D eigenvalue weighted by Gasteiger charge is -2.39. The van der Waals surface area contributed by atoms with Gasteiger partial charge in [0.1, 0.15) is 16.7 Å². The monoisotopic (exact) mass is 722 g/mol. The number of aryl methyl sites for hydroxylation is 1. The summed E-state index contributed by atoms with van der Waals surface area (Å²) in [5.41, 5.74) is -0.409. The van der Waals surface area contributed by atoms with E-state index in [2.05, 4.69) is 9.80 Å². The zero-order valence-electron chi connectivity index (χ0n) is 30.3. The lowest BCUT2D eigenvalue weighted by molar-refractivity contribution is 0.0876. The van der Waals surface area contributed by atoms with E-state index in [0.717, 1.165) is 51.9 Å². The number of likely N-dealkylation sites (tertiary alicyclic amines) is 4. The van der Waals surface area contributed by atoms with E-state index in [1.165, 1.54) is 38.5 Å². The summed E-state index contributed by atoms with van der Waals surface area (Å²) >= 11 is 0. The molecule has 0 radical (unpaired) electrons. The molecule has 0 unspecified atom stereocenters. The first-order valence-electron chi connectivity index (χ1n) is 19.5. The Bertz CT molecular complexity index is 2310. The Hall–Kier alpha value is -4.68. The summed E-state index contributed by atoms with van der Waals surface area (Å²) in [6.07, 6.45) is 9.75. The van der Waals surface area contributed by atoms with E-state index in [4.69, 9.17) is 18.3 Å². The average Bonchev–Trinajstić information content (AvgIpc) is 3.19. The molecule has 9 rings (SSSR count). The minimum absolute atomic E-state index is 0.000774. The van der Waals surface area contributed by atoms with Crippen LogP contribution < -0.4 is 20.7 Å². The molecular weight excluding hydrogens is 676 g/mol. The minimum atomic E-state index is -0.728. The predicted molar refractivity (Wildman–Crippen MR) is 202 cm³/mol. The average molecular weight is 723 g/mol. The van der Waals surface area contributed by atoms with Crippen molar-refractivity contribution in [3.8, 4) is 11.5 Å². The Morgan fingerprint density at radius 1 is 0.604 bits per heavy atom. The number of carbonyl (C=O) groups excluding carboxylic acids is 2. The summed E-state index contributed by atoms with van der Waals surface area (Å²) in [5, 5.41) is 1.53. The SMILES string of the molecule is Cc1ccc2oc(=O)c3c(OC(=O)N4CCC(N5CCCCC5)CC4)c4cccc(OC(=O)N5CCC(N6CCCCC6)CC5)c4c4oc(=O)c1c2c34. The zero-order chi connectivity index (χ0) is 36.2. The standard InChI is InChI=1S/C41H46N4O8/c1-25-11-12-30-33-31(25)38(46)52-37-32-28(9-8-10-29(32)51-40(48)44-21-13-26(14-22-44)42-17-4-2-5-18-42)36(35(34(33)37)39(47)50-30)53-41(49)45-23-15-27(16-24-45)43-19-6-3-7-20-43/h8-12,26-27H,2-7,13-24H2,1H3. The highest BCUT2D eigenvalue weighted by Gasteiger charge is 2.33. The number of ether oxygens (including phenoxy) is 2. The number of rotatable bonds is 4. The second kappa shape index (κ2) is 13.9. The van der Waals surface area contributed by atoms with Gasteiger partial charge in [0.2, 0.25) is 0 Å². The van der Waals surface area contributed by atoms with E-state index < -0.39 is 23.4 Å². The largest absolute Gasteiger partial charge is 0.422 e. The number of hydrogen-bond donors (Lipinski definition) is 0. The van der Waals surface area contributed by atoms with E-state index in [-0.39, 0.29) is 38.8 Å². The Labute approximate surface area is 306 Å². The van der Waals surface area contributed by atoms with Crippen molar-refractivity contribution in [1.82, 2.24) is 19.6 Å². The molecule has 5 aromatic rings. The van der Waals surface area contributed by atoms with Gasteiger partial charge in [0.25, 0.3) is 0 Å². The second-order valence-electron chi connectivity index (χ2n) is 15.4. The molecule has 4 fully saturated rings. The van der Waals surface area contributed by atoms with Crippen LogP contribution in [0.3, 0.4) is 0 Å². The molecule has 53 heavy (non-hydrogen) atoms. The number of fused-ring (bicyclic) bond motifs is 2. The molecule has 0 N–H and O–H groups in total. The molecule has 2 amide bonds. The molecule has 0 bridgehead atoms. The summed E-state index contributed by atoms with van der Waals surface area (Å²) in [7, 11) is 0. The Balaban J connectivity index is 1.10. The molecule has 2 aromatic heterocycles. The zero-order valence-corrected chi connectivity index (χ0v) is 30.3. The van der Waals surface area contributed by atoms with E-state index >= 15 is 0 Å². The molecule has 0 spiro atoms. The van der Waals surface area contributed by atoms with Gasteiger partial charge in [0.15, 0.2) is 11.3 Å². The van der Waals surface area contributed by atoms with Gasteiger partial charge in [-0.15, -0.1) is 0 Å². The van der Waals surface area contributed by atoms with Gasteiger partial charge in [-0.3, -0.25) is 0 Å². The molecule has 4 saturated heterocycles. The molecule has 4 aliphatic heterocycles. The van der Waals surface area contributed by atoms with Crippen LogP contribution in [0, 0.1) is 6.92 Å². The van der Waals surface area contributed by atoms with E-state index in [1.807, 2.05) is 0 Å². The molecule has 3 aromatic carbocycles. The number of hydrogen-bond acceptors (Lipinski definition) is 10. The van der Waals surface area contributed by atoms with Crippen molar-refractivity contribution < 1.29 is 27.9 Å². The topological polar surface area (TPSA) is 126 Å². The van der Waals surface area contributed by atoms with Crippen LogP contribution in [0.4, 0.5) is 9.59 Å². The van der Waals surface area contributed by atoms with Crippen LogP contribution in [0.2, 0.25) is 0 Å². The van der Waals surface area contributed by atoms with Crippen molar-refractivity contribution in [3.63, 3.8) is 0 Å². The first-order valence-corrected chi connectivity index (χ1v) is 19.5. The third-order valence-corrected chi connectivity index (χ3v) is 12.3. The second-order valence-corrected chi connectivity index (χ2v) is 15.4. The normalized spacial score (nSPS) is 20.2. The van der Waals surface area contributed by atoms with Gasteiger partial charge in [0.05, 0.1) is 10.8 Å². The number of piperidine rings is 4. The van der Waals surface area contributed by atoms with Gasteiger partial charge in [0, 0.05) is 54.4 Å². The van der Waals surface area contributed by atoms with Gasteiger partial charge >= 0.3 is 23.4 Å². The molecule has 4 aliphatic rings. The van der Waals surface area contributed by atoms with Crippen molar-refractivity contribution in [2.75, 3.05) is 52.4 Å². The van der Waals surface area contributed by atoms with Crippen LogP contribution in [0.25, 0.3) is 43.5 Å². The molecule has 12 nitrogen and oxygen atoms in total. The fourth-order valence-corrected chi connectivity index (χ4v) is 9.45. The quantitative estimate of drug-likeness (QED) is 0.110. The van der Waals surface area contributed by atoms with Crippen molar-refractivity contribution >= 4 is 55.7 Å². The van der Waals surface area contributed by atoms with Gasteiger partial charge in [-0.25, -0.2) is 19.2 Å². The highest BCUT2D eigenvalue weighted by atomic mass is 16.6. The Morgan fingerprint density at radius 3 is 1.77 bits per heavy atom. The summed E-state index contributed by atoms with van der Waals surface area (Å²) in [5.74, 6) is 0.135. The molecule has 278 valence electrons. The van der Waals surface area contributed by atoms with Crippen LogP contribution in [0.1, 0.15) is 69.8 Å². The predicted octanol–water partition coefficient (Wildman–Crippen LogP) is 6.85. The Kier molecular flexibility index (Phi) is 8.98. The van der Waals surface area contributed by atoms with Crippen LogP contribution in [0.15, 0.2) is 48.8 Å². The van der Waals surface area contributed by atoms with Crippen LogP contribution in [-0.2, 0) is 0 Å². The molecule has 0 aliphatic carbocycles. The van der Waals surface area contributed by atoms with Crippen LogP contribution >= 0.6 is 0 Å². The Morgan fingerprint density at radius 2 is 1.17 bits per heavy atom. The van der Waals surface area contributed by atoms with Gasteiger partial charge in [-0.05, 0) is 102 Å². The van der Waals surface area contributed by atoms with Gasteiger partial charge < -0.3 is 37.9 Å². The lowest BCUT2D eigenvalue weighted by Crippen LogP contribution is -2.48. The van der Waals surface area contributed by atoms with Crippen LogP contribution in [-0.4, -0.2) is 96.2 Å². The maximum atomic E-state index is 14.0. The summed E-state index contributed by atoms with van der Waals surface area (Å²) < 4.78 is 24.2. The van der Waals surface area contributed by atoms with Crippen molar-refractivity contribution in [2.45, 2.75) is 83.2 Å². The van der Waals surface area contributed by atoms with E-state index in [1.54, 1.807) is 47.1 Å². The number of benzene rings is 3. The minimum Gasteiger partial charge on any atom is -0.422 e. The highest BCUT2D eigenvalue weighted by Crippen LogP contribution is 2.46. The van der Waals surface area contributed by atoms with Crippen molar-refractivity contribution in [1.29, 1.82) is 0 Å². The van der Waals surface area contributed by atoms with Gasteiger partial charge in [-0.2, -0.15) is 0 Å². The third-order valence-electron chi connectivity index (χ3n) is 12.3. The smallest absolute Gasteiger partial charge is 0.415 e. The van der Waals surface area contributed by atoms with Gasteiger partial charge in [-0.1, -0.05) is 31.0 Å². The summed E-state index contributed by atoms with van der Waals surface area (Å²) in [4.78, 5) is 63.8. The molecule has 12 heteroatoms. The maximum Gasteiger partial charge on any atom is 0.415 e. The summed E-state index contributed by atoms with van der Waals surface area (Å²) in [6, 6.07) is 9.24. The molecule has 6 heterocycles. The lowest BCUT2D eigenvalue weighted by atomic mass is 9.96. The first-order chi connectivity index (χ1) is 25.9. The number of carbonyl (C=O) groups is 2. The number of amides is 2. The van der Waals surface area contributed by atoms with Crippen molar-refractivity contribution in [3.05, 3.63) is 56.7 Å². The number of nitrogens with zero attached hydrogens (tertiary/aromatic N) is 4. The fraction of sp³-hybridized carbons (Fsp3) is 0.512. The molecule has 0 saturated carbocycles. The highest BCUT2D eigenvalue weighted by molar-refractivity contribution is 6.29.